The fourth-order valence-corrected chi connectivity index (χ4v) is 4.94. The summed E-state index contributed by atoms with van der Waals surface area (Å²) in [6, 6.07) is 18.0. The number of hydrogen-bond acceptors (Lipinski definition) is 5. The molecule has 7 nitrogen and oxygen atoms in total. The third-order valence-electron chi connectivity index (χ3n) is 6.80. The Hall–Kier alpha value is -4.00. The summed E-state index contributed by atoms with van der Waals surface area (Å²) in [4.78, 5) is 37.7. The van der Waals surface area contributed by atoms with Gasteiger partial charge in [-0.1, -0.05) is 35.9 Å². The molecule has 4 aromatic rings. The fourth-order valence-electron chi connectivity index (χ4n) is 4.94. The van der Waals surface area contributed by atoms with Crippen LogP contribution < -0.4 is 15.8 Å². The van der Waals surface area contributed by atoms with Crippen LogP contribution in [0.15, 0.2) is 65.6 Å². The van der Waals surface area contributed by atoms with E-state index in [1.807, 2.05) is 74.2 Å². The van der Waals surface area contributed by atoms with Crippen molar-refractivity contribution in [1.82, 2.24) is 14.5 Å². The molecule has 5 rings (SSSR count). The summed E-state index contributed by atoms with van der Waals surface area (Å²) in [5.41, 5.74) is 6.41. The number of fused-ring (bicyclic) bond motifs is 1. The van der Waals surface area contributed by atoms with Gasteiger partial charge in [-0.05, 0) is 74.6 Å². The van der Waals surface area contributed by atoms with E-state index in [1.54, 1.807) is 10.8 Å². The smallest absolute Gasteiger partial charge is 0.295 e. The van der Waals surface area contributed by atoms with E-state index < -0.39 is 0 Å². The van der Waals surface area contributed by atoms with Gasteiger partial charge in [-0.25, -0.2) is 9.97 Å². The van der Waals surface area contributed by atoms with Crippen LogP contribution in [0.2, 0.25) is 0 Å². The molecule has 2 aromatic heterocycles. The average molecular weight is 482 g/mol. The number of carbonyl (C=O) groups excluding carboxylic acids is 1. The quantitative estimate of drug-likeness (QED) is 0.450. The van der Waals surface area contributed by atoms with E-state index in [0.717, 1.165) is 22.4 Å². The third kappa shape index (κ3) is 5.00. The minimum Gasteiger partial charge on any atom is -0.352 e. The fraction of sp³-hybridized carbons (Fsp3) is 0.310. The number of hydrogen-bond donors (Lipinski definition) is 1. The molecule has 0 bridgehead atoms. The normalized spacial score (nSPS) is 14.2. The first kappa shape index (κ1) is 23.7. The molecule has 1 saturated heterocycles. The number of carbonyl (C=O) groups is 1. The van der Waals surface area contributed by atoms with Crippen LogP contribution in [0.5, 0.6) is 0 Å². The van der Waals surface area contributed by atoms with Crippen molar-refractivity contribution in [2.75, 3.05) is 23.3 Å². The van der Waals surface area contributed by atoms with Crippen LogP contribution in [0.1, 0.15) is 35.1 Å². The lowest BCUT2D eigenvalue weighted by atomic mass is 9.95. The minimum atomic E-state index is -0.153. The summed E-state index contributed by atoms with van der Waals surface area (Å²) >= 11 is 0. The predicted molar refractivity (Wildman–Crippen MR) is 144 cm³/mol. The number of nitrogens with zero attached hydrogens (tertiary/aromatic N) is 4. The maximum absolute atomic E-state index is 13.6. The summed E-state index contributed by atoms with van der Waals surface area (Å²) in [5.74, 6) is 0.363. The second kappa shape index (κ2) is 9.93. The van der Waals surface area contributed by atoms with Crippen molar-refractivity contribution in [2.45, 2.75) is 40.2 Å². The van der Waals surface area contributed by atoms with E-state index in [0.29, 0.717) is 49.5 Å². The number of amides is 1. The number of anilines is 2. The van der Waals surface area contributed by atoms with E-state index in [-0.39, 0.29) is 17.4 Å². The van der Waals surface area contributed by atoms with Gasteiger partial charge in [-0.2, -0.15) is 0 Å². The van der Waals surface area contributed by atoms with Crippen molar-refractivity contribution in [2.24, 2.45) is 5.92 Å². The zero-order valence-electron chi connectivity index (χ0n) is 21.0. The van der Waals surface area contributed by atoms with E-state index >= 15 is 0 Å². The molecular weight excluding hydrogens is 450 g/mol. The van der Waals surface area contributed by atoms with Gasteiger partial charge in [-0.3, -0.25) is 14.2 Å². The Labute approximate surface area is 210 Å². The molecule has 7 heteroatoms. The third-order valence-corrected chi connectivity index (χ3v) is 6.80. The van der Waals surface area contributed by atoms with Crippen molar-refractivity contribution >= 4 is 28.6 Å². The molecule has 1 aliphatic heterocycles. The predicted octanol–water partition coefficient (Wildman–Crippen LogP) is 4.62. The number of piperidine rings is 1. The first-order chi connectivity index (χ1) is 17.4. The van der Waals surface area contributed by atoms with E-state index in [9.17, 15) is 9.59 Å². The van der Waals surface area contributed by atoms with Crippen molar-refractivity contribution in [3.8, 4) is 0 Å². The van der Waals surface area contributed by atoms with Gasteiger partial charge < -0.3 is 10.2 Å². The summed E-state index contributed by atoms with van der Waals surface area (Å²) in [5, 5.41) is 3.08. The molecule has 0 aliphatic carbocycles. The molecule has 0 saturated carbocycles. The van der Waals surface area contributed by atoms with Crippen molar-refractivity contribution in [3.63, 3.8) is 0 Å². The zero-order valence-corrected chi connectivity index (χ0v) is 21.0. The molecule has 36 heavy (non-hydrogen) atoms. The molecule has 1 fully saturated rings. The number of benzene rings is 2. The molecule has 2 aromatic carbocycles. The van der Waals surface area contributed by atoms with Gasteiger partial charge in [0.05, 0.1) is 6.54 Å². The van der Waals surface area contributed by atoms with Crippen LogP contribution >= 0.6 is 0 Å². The van der Waals surface area contributed by atoms with E-state index in [1.165, 1.54) is 5.56 Å². The Morgan fingerprint density at radius 3 is 2.36 bits per heavy atom. The number of nitrogens with one attached hydrogen (secondary N) is 1. The van der Waals surface area contributed by atoms with Crippen LogP contribution in [-0.4, -0.2) is 33.5 Å². The van der Waals surface area contributed by atoms with Gasteiger partial charge in [-0.15, -0.1) is 0 Å². The first-order valence-corrected chi connectivity index (χ1v) is 12.4. The van der Waals surface area contributed by atoms with Crippen LogP contribution in [0, 0.1) is 26.7 Å². The topological polar surface area (TPSA) is 80.1 Å². The van der Waals surface area contributed by atoms with Gasteiger partial charge in [0.1, 0.15) is 5.52 Å². The summed E-state index contributed by atoms with van der Waals surface area (Å²) in [6.45, 7) is 7.73. The highest BCUT2D eigenvalue weighted by molar-refractivity contribution is 5.93. The second-order valence-electron chi connectivity index (χ2n) is 9.79. The first-order valence-electron chi connectivity index (χ1n) is 12.4. The average Bonchev–Trinajstić information content (AvgIpc) is 2.86. The Morgan fingerprint density at radius 1 is 0.972 bits per heavy atom. The van der Waals surface area contributed by atoms with Gasteiger partial charge >= 0.3 is 0 Å². The molecule has 1 N–H and O–H groups in total. The van der Waals surface area contributed by atoms with Gasteiger partial charge in [0.25, 0.3) is 5.56 Å². The number of rotatable bonds is 5. The number of aromatic nitrogens is 3. The Bertz CT molecular complexity index is 1450. The monoisotopic (exact) mass is 481 g/mol. The maximum Gasteiger partial charge on any atom is 0.295 e. The SMILES string of the molecule is Cc1ccc(Cn2c(=O)c(N3CCC(C(=O)Nc4cc(C)cc(C)c4)CC3)nc3cccnc32)cc1. The molecule has 3 heterocycles. The summed E-state index contributed by atoms with van der Waals surface area (Å²) in [6.07, 6.45) is 3.02. The molecule has 1 aliphatic rings. The maximum atomic E-state index is 13.6. The van der Waals surface area contributed by atoms with Crippen LogP contribution in [0.3, 0.4) is 0 Å². The van der Waals surface area contributed by atoms with Crippen LogP contribution in [0.25, 0.3) is 11.2 Å². The Balaban J connectivity index is 1.36. The van der Waals surface area contributed by atoms with Gasteiger partial charge in [0.15, 0.2) is 11.5 Å². The molecule has 184 valence electrons. The highest BCUT2D eigenvalue weighted by atomic mass is 16.2. The van der Waals surface area contributed by atoms with Crippen molar-refractivity contribution in [1.29, 1.82) is 0 Å². The van der Waals surface area contributed by atoms with E-state index in [2.05, 4.69) is 16.4 Å². The largest absolute Gasteiger partial charge is 0.352 e. The van der Waals surface area contributed by atoms with Crippen LogP contribution in [0.4, 0.5) is 11.5 Å². The minimum absolute atomic E-state index is 0.0344. The summed E-state index contributed by atoms with van der Waals surface area (Å²) < 4.78 is 1.71. The number of pyridine rings is 1. The highest BCUT2D eigenvalue weighted by Crippen LogP contribution is 2.24. The lowest BCUT2D eigenvalue weighted by Gasteiger charge is -2.32. The van der Waals surface area contributed by atoms with Gasteiger partial charge in [0.2, 0.25) is 5.91 Å². The highest BCUT2D eigenvalue weighted by Gasteiger charge is 2.28. The molecule has 0 spiro atoms. The molecule has 1 amide bonds. The standard InChI is InChI=1S/C29H31N5O2/c1-19-6-8-22(9-7-19)18-34-26-25(5-4-12-30-26)32-27(29(34)36)33-13-10-23(11-14-33)28(35)31-24-16-20(2)15-21(3)17-24/h4-9,12,15-17,23H,10-11,13-14,18H2,1-3H3,(H,31,35). The van der Waals surface area contributed by atoms with Crippen LogP contribution in [-0.2, 0) is 11.3 Å². The van der Waals surface area contributed by atoms with Crippen molar-refractivity contribution < 1.29 is 4.79 Å². The van der Waals surface area contributed by atoms with Crippen molar-refractivity contribution in [3.05, 3.63) is 93.4 Å². The summed E-state index contributed by atoms with van der Waals surface area (Å²) in [7, 11) is 0. The Morgan fingerprint density at radius 2 is 1.67 bits per heavy atom. The second-order valence-corrected chi connectivity index (χ2v) is 9.79. The number of aryl methyl sites for hydroxylation is 3. The lowest BCUT2D eigenvalue weighted by Crippen LogP contribution is -2.42. The molecule has 0 atom stereocenters. The zero-order chi connectivity index (χ0) is 25.2. The lowest BCUT2D eigenvalue weighted by molar-refractivity contribution is -0.120. The molecule has 0 radical (unpaired) electrons. The molecule has 0 unspecified atom stereocenters. The Kier molecular flexibility index (Phi) is 6.55. The molecular formula is C29H31N5O2. The van der Waals surface area contributed by atoms with E-state index in [4.69, 9.17) is 4.98 Å². The van der Waals surface area contributed by atoms with Gasteiger partial charge in [0, 0.05) is 30.9 Å².